The molecule has 1 atom stereocenters. The number of morpholine rings is 1. The Kier molecular flexibility index (Phi) is 2.33. The van der Waals surface area contributed by atoms with Crippen LogP contribution in [0.25, 0.3) is 0 Å². The van der Waals surface area contributed by atoms with Crippen LogP contribution in [0, 0.1) is 0 Å². The Balaban J connectivity index is 1.90. The van der Waals surface area contributed by atoms with E-state index >= 15 is 0 Å². The summed E-state index contributed by atoms with van der Waals surface area (Å²) in [6.07, 6.45) is 3.96. The van der Waals surface area contributed by atoms with Crippen molar-refractivity contribution in [1.82, 2.24) is 4.31 Å². The fourth-order valence-corrected chi connectivity index (χ4v) is 2.11. The number of hydrogen-bond donors (Lipinski definition) is 1. The summed E-state index contributed by atoms with van der Waals surface area (Å²) in [6.45, 7) is 2.61. The molecule has 0 amide bonds. The number of hydrogen-bond acceptors (Lipinski definition) is 4. The predicted molar refractivity (Wildman–Crippen MR) is 49.0 cm³/mol. The lowest BCUT2D eigenvalue weighted by Crippen LogP contribution is -2.46. The zero-order valence-electron chi connectivity index (χ0n) is 7.32. The van der Waals surface area contributed by atoms with Gasteiger partial charge in [-0.15, -0.1) is 0 Å². The molecule has 4 heteroatoms. The maximum atomic E-state index is 9.81. The molecule has 1 aliphatic carbocycles. The van der Waals surface area contributed by atoms with Crippen molar-refractivity contribution in [1.29, 1.82) is 0 Å². The molecule has 2 aliphatic rings. The lowest BCUT2D eigenvalue weighted by Gasteiger charge is -2.33. The van der Waals surface area contributed by atoms with Crippen molar-refractivity contribution in [2.24, 2.45) is 0 Å². The Morgan fingerprint density at radius 1 is 1.58 bits per heavy atom. The SMILES string of the molecule is CSN1CCO[C@H](C2(O)CC2)C1. The molecular formula is C8H15NO2S. The van der Waals surface area contributed by atoms with Gasteiger partial charge in [-0.2, -0.15) is 0 Å². The number of aliphatic hydroxyl groups is 1. The molecule has 1 heterocycles. The van der Waals surface area contributed by atoms with Crippen molar-refractivity contribution in [2.45, 2.75) is 24.5 Å². The van der Waals surface area contributed by atoms with E-state index in [0.29, 0.717) is 0 Å². The van der Waals surface area contributed by atoms with Gasteiger partial charge in [-0.25, -0.2) is 4.31 Å². The van der Waals surface area contributed by atoms with E-state index < -0.39 is 5.60 Å². The lowest BCUT2D eigenvalue weighted by atomic mass is 10.1. The first-order valence-electron chi connectivity index (χ1n) is 4.38. The van der Waals surface area contributed by atoms with Gasteiger partial charge >= 0.3 is 0 Å². The van der Waals surface area contributed by atoms with E-state index in [1.54, 1.807) is 11.9 Å². The Morgan fingerprint density at radius 3 is 2.92 bits per heavy atom. The maximum Gasteiger partial charge on any atom is 0.0998 e. The number of nitrogens with zero attached hydrogens (tertiary/aromatic N) is 1. The van der Waals surface area contributed by atoms with Gasteiger partial charge in [-0.1, -0.05) is 11.9 Å². The second-order valence-electron chi connectivity index (χ2n) is 3.53. The maximum absolute atomic E-state index is 9.81. The van der Waals surface area contributed by atoms with Crippen LogP contribution in [-0.2, 0) is 4.74 Å². The lowest BCUT2D eigenvalue weighted by molar-refractivity contribution is -0.0822. The van der Waals surface area contributed by atoms with Gasteiger partial charge in [0.25, 0.3) is 0 Å². The van der Waals surface area contributed by atoms with Crippen molar-refractivity contribution in [3.05, 3.63) is 0 Å². The Morgan fingerprint density at radius 2 is 2.33 bits per heavy atom. The Bertz CT molecular complexity index is 172. The molecule has 70 valence electrons. The van der Waals surface area contributed by atoms with Crippen LogP contribution in [-0.4, -0.2) is 47.1 Å². The molecule has 1 aliphatic heterocycles. The van der Waals surface area contributed by atoms with E-state index in [9.17, 15) is 5.11 Å². The molecule has 0 unspecified atom stereocenters. The average Bonchev–Trinajstić information content (AvgIpc) is 2.85. The third kappa shape index (κ3) is 1.62. The van der Waals surface area contributed by atoms with E-state index in [1.165, 1.54) is 0 Å². The molecule has 12 heavy (non-hydrogen) atoms. The van der Waals surface area contributed by atoms with E-state index in [4.69, 9.17) is 4.74 Å². The van der Waals surface area contributed by atoms with Crippen LogP contribution >= 0.6 is 11.9 Å². The minimum absolute atomic E-state index is 0.0544. The fraction of sp³-hybridized carbons (Fsp3) is 1.00. The fourth-order valence-electron chi connectivity index (χ4n) is 1.57. The minimum Gasteiger partial charge on any atom is -0.387 e. The van der Waals surface area contributed by atoms with E-state index in [-0.39, 0.29) is 6.10 Å². The highest BCUT2D eigenvalue weighted by molar-refractivity contribution is 7.96. The zero-order valence-corrected chi connectivity index (χ0v) is 8.14. The van der Waals surface area contributed by atoms with Gasteiger partial charge in [0, 0.05) is 13.1 Å². The quantitative estimate of drug-likeness (QED) is 0.641. The summed E-state index contributed by atoms with van der Waals surface area (Å²) in [7, 11) is 0. The van der Waals surface area contributed by atoms with Crippen molar-refractivity contribution in [3.63, 3.8) is 0 Å². The van der Waals surface area contributed by atoms with Gasteiger partial charge in [-0.3, -0.25) is 0 Å². The van der Waals surface area contributed by atoms with Gasteiger partial charge < -0.3 is 9.84 Å². The molecule has 0 aromatic rings. The van der Waals surface area contributed by atoms with Crippen molar-refractivity contribution < 1.29 is 9.84 Å². The molecule has 2 fully saturated rings. The molecule has 0 aromatic heterocycles. The molecule has 0 aromatic carbocycles. The number of ether oxygens (including phenoxy) is 1. The van der Waals surface area contributed by atoms with Crippen LogP contribution in [0.3, 0.4) is 0 Å². The topological polar surface area (TPSA) is 32.7 Å². The highest BCUT2D eigenvalue weighted by Gasteiger charge is 2.49. The second-order valence-corrected chi connectivity index (χ2v) is 4.42. The van der Waals surface area contributed by atoms with Crippen molar-refractivity contribution in [2.75, 3.05) is 26.0 Å². The molecule has 3 nitrogen and oxygen atoms in total. The van der Waals surface area contributed by atoms with Crippen LogP contribution in [0.4, 0.5) is 0 Å². The van der Waals surface area contributed by atoms with E-state index in [0.717, 1.165) is 32.5 Å². The molecule has 1 saturated carbocycles. The van der Waals surface area contributed by atoms with E-state index in [1.807, 2.05) is 0 Å². The first kappa shape index (κ1) is 8.81. The third-order valence-corrected chi connectivity index (χ3v) is 3.50. The number of rotatable bonds is 2. The largest absolute Gasteiger partial charge is 0.387 e. The van der Waals surface area contributed by atoms with E-state index in [2.05, 4.69) is 10.6 Å². The monoisotopic (exact) mass is 189 g/mol. The first-order valence-corrected chi connectivity index (χ1v) is 5.56. The van der Waals surface area contributed by atoms with Crippen molar-refractivity contribution >= 4 is 11.9 Å². The Labute approximate surface area is 77.2 Å². The molecular weight excluding hydrogens is 174 g/mol. The average molecular weight is 189 g/mol. The third-order valence-electron chi connectivity index (χ3n) is 2.65. The minimum atomic E-state index is -0.478. The molecule has 0 radical (unpaired) electrons. The smallest absolute Gasteiger partial charge is 0.0998 e. The summed E-state index contributed by atoms with van der Waals surface area (Å²) in [5, 5.41) is 9.81. The highest BCUT2D eigenvalue weighted by atomic mass is 32.2. The van der Waals surface area contributed by atoms with Crippen LogP contribution in [0.5, 0.6) is 0 Å². The predicted octanol–water partition coefficient (Wildman–Crippen LogP) is 0.490. The van der Waals surface area contributed by atoms with Crippen LogP contribution in [0.2, 0.25) is 0 Å². The van der Waals surface area contributed by atoms with Gasteiger partial charge in [0.15, 0.2) is 0 Å². The molecule has 1 N–H and O–H groups in total. The van der Waals surface area contributed by atoms with Crippen molar-refractivity contribution in [3.8, 4) is 0 Å². The molecule has 0 spiro atoms. The summed E-state index contributed by atoms with van der Waals surface area (Å²) in [5.74, 6) is 0. The standard InChI is InChI=1S/C8H15NO2S/c1-12-9-4-5-11-7(6-9)8(10)2-3-8/h7,10H,2-6H2,1H3/t7-/m0/s1. The molecule has 1 saturated heterocycles. The van der Waals surface area contributed by atoms with Crippen LogP contribution in [0.1, 0.15) is 12.8 Å². The second kappa shape index (κ2) is 3.18. The van der Waals surface area contributed by atoms with Gasteiger partial charge in [0.1, 0.15) is 0 Å². The summed E-state index contributed by atoms with van der Waals surface area (Å²) in [5.41, 5.74) is -0.478. The highest BCUT2D eigenvalue weighted by Crippen LogP contribution is 2.41. The summed E-state index contributed by atoms with van der Waals surface area (Å²) >= 11 is 1.74. The van der Waals surface area contributed by atoms with Crippen LogP contribution < -0.4 is 0 Å². The molecule has 0 bridgehead atoms. The van der Waals surface area contributed by atoms with Gasteiger partial charge in [-0.05, 0) is 19.1 Å². The normalized spacial score (nSPS) is 35.0. The van der Waals surface area contributed by atoms with Gasteiger partial charge in [0.05, 0.1) is 18.3 Å². The summed E-state index contributed by atoms with van der Waals surface area (Å²) in [4.78, 5) is 0. The zero-order chi connectivity index (χ0) is 8.60. The van der Waals surface area contributed by atoms with Crippen LogP contribution in [0.15, 0.2) is 0 Å². The summed E-state index contributed by atoms with van der Waals surface area (Å²) in [6, 6.07) is 0. The Hall–Kier alpha value is 0.230. The molecule has 2 rings (SSSR count). The first-order chi connectivity index (χ1) is 5.74. The van der Waals surface area contributed by atoms with Gasteiger partial charge in [0.2, 0.25) is 0 Å². The summed E-state index contributed by atoms with van der Waals surface area (Å²) < 4.78 is 7.79.